The Labute approximate surface area is 796 Å². The van der Waals surface area contributed by atoms with Crippen LogP contribution in [-0.4, -0.2) is 18.3 Å². The summed E-state index contributed by atoms with van der Waals surface area (Å²) in [6.07, 6.45) is -20.8. The number of hydrogen-bond donors (Lipinski definition) is 0. The summed E-state index contributed by atoms with van der Waals surface area (Å²) >= 11 is 0. The number of fused-ring (bicyclic) bond motifs is 12. The number of aryl methyl sites for hydroxylation is 8. The van der Waals surface area contributed by atoms with Crippen LogP contribution in [0.1, 0.15) is 77.9 Å². The Balaban J connectivity index is 0.802. The van der Waals surface area contributed by atoms with Crippen LogP contribution in [0, 0.1) is 78.1 Å². The van der Waals surface area contributed by atoms with Gasteiger partial charge in [-0.1, -0.05) is 228 Å². The third kappa shape index (κ3) is 15.2. The number of rotatable bonds is 13. The molecule has 0 fully saturated rings. The molecule has 0 saturated carbocycles. The fourth-order valence-electron chi connectivity index (χ4n) is 21.3. The average molecular weight is 1860 g/mol. The first-order valence-electron chi connectivity index (χ1n) is 45.6. The molecule has 22 aromatic rings. The Hall–Kier alpha value is -16.7. The molecule has 0 N–H and O–H groups in total. The standard InChI is InChI=1S/C122H80F12N6/c1-67-17-31-89(73(7)47-67)81-27-43-110-100(59-81)94-14-10-12-16-108(94)138(110)116-54-76(66-136)20-34-96(116)98-36-22-84(92-38-30-88(120(126,127)128)64-106(92)122(132,133)134)62-118(98)140-112-40-24-78(56-102(112)104-60-82(28-44-114(104)140)90-32-18-68(2)48-74(90)8)77-23-39-111-101(55-77)103-58-80(86-51-71(5)46-72(6)52-86)26-42-113(103)139(111)117-61-83(91-37-29-87(119(123,124)125)63-105(91)121(129,130)131)21-35-97(117)95-33-19-75(65-135)53-115(95)137-107-15-11-9-13-93(107)99-57-79(25-41-109(99)137)85-49-69(3)45-70(4)50-85/h9-64H,1-8H3. The SMILES string of the molecule is Cc1cc(C)cc(-c2ccc3c(c2)c2ccccc2n3-c2cc(C#N)ccc2-c2ccc(-c3ccc(C(F)(F)F)cc3C(F)(F)F)cc2-n2c3ccc(-c4cc(C)cc(C)c4)cc3c3cc(-c4ccc5c(c4)c4cc(-c6ccc(C)cc6C)ccc4n5-c4cc(-c5ccc(C(F)(F)F)cc5C(F)(F)F)ccc4-c4ccc(C#N)cc4-n4c5ccccc5c5cc(-c6ccc(C)cc6C)ccc54)ccc32)c1. The molecule has 0 radical (unpaired) electrons. The van der Waals surface area contributed by atoms with Crippen molar-refractivity contribution >= 4 is 87.2 Å². The fraction of sp³-hybridized carbons (Fsp3) is 0.0984. The van der Waals surface area contributed by atoms with Gasteiger partial charge in [-0.25, -0.2) is 0 Å². The first-order chi connectivity index (χ1) is 67.1. The molecule has 18 aromatic carbocycles. The fourth-order valence-corrected chi connectivity index (χ4v) is 21.3. The van der Waals surface area contributed by atoms with Gasteiger partial charge in [-0.3, -0.25) is 0 Å². The van der Waals surface area contributed by atoms with Crippen molar-refractivity contribution in [2.24, 2.45) is 0 Å². The average Bonchev–Trinajstić information content (AvgIpc) is 1.57. The van der Waals surface area contributed by atoms with Crippen LogP contribution in [0.4, 0.5) is 52.7 Å². The number of alkyl halides is 12. The molecule has 6 nitrogen and oxygen atoms in total. The predicted molar refractivity (Wildman–Crippen MR) is 540 cm³/mol. The Morgan fingerprint density at radius 1 is 0.193 bits per heavy atom. The second kappa shape index (κ2) is 33.1. The quantitative estimate of drug-likeness (QED) is 0.108. The van der Waals surface area contributed by atoms with Crippen molar-refractivity contribution < 1.29 is 52.7 Å². The van der Waals surface area contributed by atoms with Crippen LogP contribution in [0.2, 0.25) is 0 Å². The largest absolute Gasteiger partial charge is 0.417 e. The second-order valence-electron chi connectivity index (χ2n) is 36.8. The number of halogens is 12. The normalized spacial score (nSPS) is 12.3. The van der Waals surface area contributed by atoms with Gasteiger partial charge in [0.1, 0.15) is 0 Å². The zero-order valence-corrected chi connectivity index (χ0v) is 76.6. The minimum absolute atomic E-state index is 0.0599. The van der Waals surface area contributed by atoms with Gasteiger partial charge >= 0.3 is 24.7 Å². The van der Waals surface area contributed by atoms with E-state index < -0.39 is 58.1 Å². The van der Waals surface area contributed by atoms with Crippen LogP contribution in [0.25, 0.3) is 210 Å². The zero-order valence-electron chi connectivity index (χ0n) is 76.6. The Morgan fingerprint density at radius 2 is 0.450 bits per heavy atom. The van der Waals surface area contributed by atoms with Crippen LogP contribution in [0.15, 0.2) is 340 Å². The van der Waals surface area contributed by atoms with Crippen LogP contribution in [-0.2, 0) is 24.7 Å². The van der Waals surface area contributed by atoms with Gasteiger partial charge < -0.3 is 18.3 Å². The van der Waals surface area contributed by atoms with E-state index in [9.17, 15) is 36.9 Å². The van der Waals surface area contributed by atoms with Crippen molar-refractivity contribution in [2.75, 3.05) is 0 Å². The molecular formula is C122H80F12N6. The Bertz CT molecular complexity index is 9100. The molecule has 682 valence electrons. The maximum atomic E-state index is 15.9. The van der Waals surface area contributed by atoms with E-state index in [1.165, 1.54) is 12.1 Å². The van der Waals surface area contributed by atoms with Crippen molar-refractivity contribution in [2.45, 2.75) is 80.1 Å². The van der Waals surface area contributed by atoms with E-state index >= 15 is 26.3 Å². The number of nitriles is 2. The highest BCUT2D eigenvalue weighted by molar-refractivity contribution is 6.17. The molecule has 0 aliphatic heterocycles. The van der Waals surface area contributed by atoms with E-state index in [2.05, 4.69) is 137 Å². The number of nitrogens with zero attached hydrogens (tertiary/aromatic N) is 6. The Kier molecular flexibility index (Phi) is 20.9. The molecule has 22 rings (SSSR count). The predicted octanol–water partition coefficient (Wildman–Crippen LogP) is 35.4. The maximum absolute atomic E-state index is 15.9. The van der Waals surface area contributed by atoms with Crippen molar-refractivity contribution in [3.8, 4) is 135 Å². The third-order valence-electron chi connectivity index (χ3n) is 27.4. The maximum Gasteiger partial charge on any atom is 0.417 e. The first-order valence-corrected chi connectivity index (χ1v) is 45.6. The van der Waals surface area contributed by atoms with Crippen LogP contribution in [0.5, 0.6) is 0 Å². The number of para-hydroxylation sites is 2. The highest BCUT2D eigenvalue weighted by Gasteiger charge is 2.41. The number of aromatic nitrogens is 4. The highest BCUT2D eigenvalue weighted by Crippen LogP contribution is 2.52. The summed E-state index contributed by atoms with van der Waals surface area (Å²) in [5.74, 6) is 0. The molecule has 4 heterocycles. The van der Waals surface area contributed by atoms with Crippen molar-refractivity contribution in [1.29, 1.82) is 10.5 Å². The van der Waals surface area contributed by atoms with Gasteiger partial charge in [0.15, 0.2) is 0 Å². The summed E-state index contributed by atoms with van der Waals surface area (Å²) in [5, 5.41) is 28.2. The summed E-state index contributed by atoms with van der Waals surface area (Å²) < 4.78 is 192. The zero-order chi connectivity index (χ0) is 97.3. The summed E-state index contributed by atoms with van der Waals surface area (Å²) in [6, 6.07) is 105. The molecular weight excluding hydrogens is 1780 g/mol. The van der Waals surface area contributed by atoms with Crippen molar-refractivity contribution in [1.82, 2.24) is 18.3 Å². The summed E-state index contributed by atoms with van der Waals surface area (Å²) in [6.45, 7) is 16.3. The number of benzene rings is 18. The Morgan fingerprint density at radius 3 is 0.764 bits per heavy atom. The van der Waals surface area contributed by atoms with E-state index in [1.807, 2.05) is 191 Å². The van der Waals surface area contributed by atoms with E-state index in [1.54, 1.807) is 48.5 Å². The van der Waals surface area contributed by atoms with Crippen molar-refractivity contribution in [3.63, 3.8) is 0 Å². The van der Waals surface area contributed by atoms with E-state index in [0.29, 0.717) is 123 Å². The van der Waals surface area contributed by atoms with Gasteiger partial charge in [0, 0.05) is 65.3 Å². The third-order valence-corrected chi connectivity index (χ3v) is 27.4. The lowest BCUT2D eigenvalue weighted by Gasteiger charge is -2.21. The molecule has 4 aromatic heterocycles. The van der Waals surface area contributed by atoms with Gasteiger partial charge in [0.2, 0.25) is 0 Å². The second-order valence-corrected chi connectivity index (χ2v) is 36.8. The lowest BCUT2D eigenvalue weighted by atomic mass is 9.92. The molecule has 18 heteroatoms. The topological polar surface area (TPSA) is 67.3 Å². The molecule has 0 unspecified atom stereocenters. The summed E-state index contributed by atoms with van der Waals surface area (Å²) in [7, 11) is 0. The van der Waals surface area contributed by atoms with Crippen LogP contribution >= 0.6 is 0 Å². The van der Waals surface area contributed by atoms with Gasteiger partial charge in [-0.05, 0) is 290 Å². The van der Waals surface area contributed by atoms with Gasteiger partial charge in [-0.2, -0.15) is 63.2 Å². The molecule has 0 saturated heterocycles. The van der Waals surface area contributed by atoms with Crippen molar-refractivity contribution in [3.05, 3.63) is 418 Å². The van der Waals surface area contributed by atoms with Gasteiger partial charge in [-0.15, -0.1) is 0 Å². The molecule has 140 heavy (non-hydrogen) atoms. The summed E-state index contributed by atoms with van der Waals surface area (Å²) in [5.41, 5.74) is 19.7. The molecule has 0 atom stereocenters. The minimum atomic E-state index is -5.28. The van der Waals surface area contributed by atoms with E-state index in [-0.39, 0.29) is 23.3 Å². The minimum Gasteiger partial charge on any atom is -0.309 e. The smallest absolute Gasteiger partial charge is 0.309 e. The molecule has 0 spiro atoms. The summed E-state index contributed by atoms with van der Waals surface area (Å²) in [4.78, 5) is 0. The highest BCUT2D eigenvalue weighted by atomic mass is 19.4. The van der Waals surface area contributed by atoms with Gasteiger partial charge in [0.05, 0.1) is 112 Å². The number of hydrogen-bond acceptors (Lipinski definition) is 2. The molecule has 0 bridgehead atoms. The molecule has 0 aliphatic carbocycles. The molecule has 0 amide bonds. The van der Waals surface area contributed by atoms with Crippen LogP contribution in [0.3, 0.4) is 0 Å². The lowest BCUT2D eigenvalue weighted by molar-refractivity contribution is -0.144. The lowest BCUT2D eigenvalue weighted by Crippen LogP contribution is -2.12. The molecule has 0 aliphatic rings. The van der Waals surface area contributed by atoms with Gasteiger partial charge in [0.25, 0.3) is 0 Å². The van der Waals surface area contributed by atoms with E-state index in [0.717, 1.165) is 145 Å². The van der Waals surface area contributed by atoms with E-state index in [4.69, 9.17) is 0 Å². The van der Waals surface area contributed by atoms with Crippen LogP contribution < -0.4 is 0 Å². The first kappa shape index (κ1) is 88.6. The monoisotopic (exact) mass is 1860 g/mol.